The summed E-state index contributed by atoms with van der Waals surface area (Å²) in [6.07, 6.45) is 5.83. The Hall–Kier alpha value is -2.93. The van der Waals surface area contributed by atoms with E-state index in [0.29, 0.717) is 12.5 Å². The van der Waals surface area contributed by atoms with Gasteiger partial charge in [-0.2, -0.15) is 10.2 Å². The second-order valence-corrected chi connectivity index (χ2v) is 6.87. The first-order valence-corrected chi connectivity index (χ1v) is 9.38. The molecule has 3 aromatic rings. The molecule has 1 fully saturated rings. The van der Waals surface area contributed by atoms with Gasteiger partial charge in [-0.25, -0.2) is 0 Å². The molecule has 0 unspecified atom stereocenters. The van der Waals surface area contributed by atoms with Crippen LogP contribution < -0.4 is 10.6 Å². The number of nitrogens with zero attached hydrogens (tertiary/aromatic N) is 3. The summed E-state index contributed by atoms with van der Waals surface area (Å²) in [4.78, 5) is 12.5. The molecule has 140 valence electrons. The zero-order valence-electron chi connectivity index (χ0n) is 15.2. The lowest BCUT2D eigenvalue weighted by molar-refractivity contribution is -0.122. The lowest BCUT2D eigenvalue weighted by Gasteiger charge is -2.23. The third kappa shape index (κ3) is 4.09. The molecule has 1 aromatic carbocycles. The molecule has 4 rings (SSSR count). The van der Waals surface area contributed by atoms with Gasteiger partial charge >= 0.3 is 0 Å². The normalized spacial score (nSPS) is 17.0. The van der Waals surface area contributed by atoms with E-state index in [1.807, 2.05) is 41.1 Å². The van der Waals surface area contributed by atoms with E-state index in [4.69, 9.17) is 0 Å². The Morgan fingerprint density at radius 2 is 2.15 bits per heavy atom. The largest absolute Gasteiger partial charge is 0.350 e. The van der Waals surface area contributed by atoms with Gasteiger partial charge in [-0.05, 0) is 31.0 Å². The van der Waals surface area contributed by atoms with Crippen LogP contribution in [0.15, 0.2) is 48.8 Å². The maximum Gasteiger partial charge on any atom is 0.242 e. The Kier molecular flexibility index (Phi) is 5.29. The van der Waals surface area contributed by atoms with Crippen LogP contribution in [0.4, 0.5) is 0 Å². The van der Waals surface area contributed by atoms with Crippen LogP contribution in [0.5, 0.6) is 0 Å². The molecule has 0 spiro atoms. The molecule has 3 heterocycles. The standard InChI is InChI=1S/C20H24N6O/c27-19(14-26-18(8-10-24-26)16-7-4-9-21-11-16)22-12-17-13-23-25-20(17)15-5-2-1-3-6-15/h1-3,5-6,8,10,13,16,21H,4,7,9,11-12,14H2,(H,22,27)(H,23,25)/t16-/m1/s1. The van der Waals surface area contributed by atoms with E-state index in [0.717, 1.165) is 48.4 Å². The number of hydrogen-bond donors (Lipinski definition) is 3. The van der Waals surface area contributed by atoms with Crippen LogP contribution in [0.1, 0.15) is 30.0 Å². The molecule has 1 atom stereocenters. The van der Waals surface area contributed by atoms with Crippen molar-refractivity contribution < 1.29 is 4.79 Å². The predicted molar refractivity (Wildman–Crippen MR) is 103 cm³/mol. The Bertz CT molecular complexity index is 879. The van der Waals surface area contributed by atoms with Crippen molar-refractivity contribution in [2.75, 3.05) is 13.1 Å². The number of carbonyl (C=O) groups is 1. The van der Waals surface area contributed by atoms with Gasteiger partial charge in [0.05, 0.1) is 11.9 Å². The summed E-state index contributed by atoms with van der Waals surface area (Å²) in [5.74, 6) is 0.372. The third-order valence-corrected chi connectivity index (χ3v) is 5.01. The summed E-state index contributed by atoms with van der Waals surface area (Å²) in [6, 6.07) is 12.0. The van der Waals surface area contributed by atoms with Crippen molar-refractivity contribution in [3.8, 4) is 11.3 Å². The molecule has 7 heteroatoms. The average Bonchev–Trinajstić information content (AvgIpc) is 3.37. The number of rotatable bonds is 6. The molecule has 27 heavy (non-hydrogen) atoms. The van der Waals surface area contributed by atoms with Gasteiger partial charge in [0.1, 0.15) is 6.54 Å². The topological polar surface area (TPSA) is 87.6 Å². The fourth-order valence-electron chi connectivity index (χ4n) is 3.61. The monoisotopic (exact) mass is 364 g/mol. The zero-order valence-corrected chi connectivity index (χ0v) is 15.2. The van der Waals surface area contributed by atoms with Crippen molar-refractivity contribution in [2.45, 2.75) is 31.8 Å². The Morgan fingerprint density at radius 3 is 2.96 bits per heavy atom. The predicted octanol–water partition coefficient (Wildman–Crippen LogP) is 2.06. The molecule has 1 saturated heterocycles. The van der Waals surface area contributed by atoms with Gasteiger partial charge in [0.2, 0.25) is 5.91 Å². The second kappa shape index (κ2) is 8.18. The van der Waals surface area contributed by atoms with Crippen molar-refractivity contribution in [1.82, 2.24) is 30.6 Å². The van der Waals surface area contributed by atoms with Gasteiger partial charge in [-0.1, -0.05) is 30.3 Å². The second-order valence-electron chi connectivity index (χ2n) is 6.87. The number of hydrogen-bond acceptors (Lipinski definition) is 4. The molecule has 1 aliphatic heterocycles. The number of amides is 1. The molecule has 1 amide bonds. The lowest BCUT2D eigenvalue weighted by atomic mass is 9.96. The summed E-state index contributed by atoms with van der Waals surface area (Å²) in [5, 5.41) is 17.9. The highest BCUT2D eigenvalue weighted by atomic mass is 16.2. The Balaban J connectivity index is 1.38. The summed E-state index contributed by atoms with van der Waals surface area (Å²) in [6.45, 7) is 2.68. The van der Waals surface area contributed by atoms with Crippen LogP contribution in [0.2, 0.25) is 0 Å². The lowest BCUT2D eigenvalue weighted by Crippen LogP contribution is -2.32. The van der Waals surface area contributed by atoms with Crippen molar-refractivity contribution in [2.24, 2.45) is 0 Å². The van der Waals surface area contributed by atoms with Crippen LogP contribution in [-0.2, 0) is 17.9 Å². The maximum atomic E-state index is 12.5. The molecule has 0 bridgehead atoms. The minimum absolute atomic E-state index is 0.0519. The summed E-state index contributed by atoms with van der Waals surface area (Å²) < 4.78 is 1.82. The highest BCUT2D eigenvalue weighted by Gasteiger charge is 2.20. The van der Waals surface area contributed by atoms with Crippen molar-refractivity contribution >= 4 is 5.91 Å². The van der Waals surface area contributed by atoms with Gasteiger partial charge in [0.15, 0.2) is 0 Å². The molecule has 0 radical (unpaired) electrons. The molecular weight excluding hydrogens is 340 g/mol. The number of piperidine rings is 1. The van der Waals surface area contributed by atoms with Gasteiger partial charge in [0.25, 0.3) is 0 Å². The van der Waals surface area contributed by atoms with E-state index in [1.165, 1.54) is 0 Å². The molecule has 1 aliphatic rings. The minimum atomic E-state index is -0.0519. The third-order valence-electron chi connectivity index (χ3n) is 5.01. The van der Waals surface area contributed by atoms with Crippen LogP contribution in [-0.4, -0.2) is 39.0 Å². The van der Waals surface area contributed by atoms with E-state index in [-0.39, 0.29) is 12.5 Å². The summed E-state index contributed by atoms with van der Waals surface area (Å²) in [7, 11) is 0. The van der Waals surface area contributed by atoms with Crippen molar-refractivity contribution in [3.63, 3.8) is 0 Å². The van der Waals surface area contributed by atoms with Crippen LogP contribution in [0.25, 0.3) is 11.3 Å². The van der Waals surface area contributed by atoms with E-state index in [1.54, 1.807) is 12.4 Å². The van der Waals surface area contributed by atoms with Gasteiger partial charge in [-0.15, -0.1) is 0 Å². The van der Waals surface area contributed by atoms with Gasteiger partial charge in [-0.3, -0.25) is 14.6 Å². The minimum Gasteiger partial charge on any atom is -0.350 e. The molecule has 7 nitrogen and oxygen atoms in total. The van der Waals surface area contributed by atoms with Crippen LogP contribution in [0.3, 0.4) is 0 Å². The van der Waals surface area contributed by atoms with Crippen molar-refractivity contribution in [3.05, 3.63) is 60.0 Å². The summed E-state index contributed by atoms with van der Waals surface area (Å²) >= 11 is 0. The molecule has 3 N–H and O–H groups in total. The number of aromatic nitrogens is 4. The van der Waals surface area contributed by atoms with Crippen LogP contribution in [0, 0.1) is 0 Å². The zero-order chi connectivity index (χ0) is 18.5. The molecule has 0 saturated carbocycles. The number of benzene rings is 1. The first-order valence-electron chi connectivity index (χ1n) is 9.38. The quantitative estimate of drug-likeness (QED) is 0.625. The molecule has 2 aromatic heterocycles. The molecular formula is C20H24N6O. The van der Waals surface area contributed by atoms with E-state index in [9.17, 15) is 4.79 Å². The number of nitrogens with one attached hydrogen (secondary N) is 3. The van der Waals surface area contributed by atoms with Crippen molar-refractivity contribution in [1.29, 1.82) is 0 Å². The SMILES string of the molecule is O=C(Cn1nccc1[C@@H]1CCCNC1)NCc1cn[nH]c1-c1ccccc1. The number of carbonyl (C=O) groups excluding carboxylic acids is 1. The Labute approximate surface area is 158 Å². The van der Waals surface area contributed by atoms with E-state index < -0.39 is 0 Å². The fraction of sp³-hybridized carbons (Fsp3) is 0.350. The maximum absolute atomic E-state index is 12.5. The van der Waals surface area contributed by atoms with Crippen LogP contribution >= 0.6 is 0 Å². The Morgan fingerprint density at radius 1 is 1.26 bits per heavy atom. The first kappa shape index (κ1) is 17.5. The fourth-order valence-corrected chi connectivity index (χ4v) is 3.61. The highest BCUT2D eigenvalue weighted by Crippen LogP contribution is 2.23. The van der Waals surface area contributed by atoms with Gasteiger partial charge < -0.3 is 10.6 Å². The number of aromatic amines is 1. The van der Waals surface area contributed by atoms with Gasteiger partial charge in [0, 0.05) is 36.5 Å². The first-order chi connectivity index (χ1) is 13.3. The molecule has 0 aliphatic carbocycles. The smallest absolute Gasteiger partial charge is 0.242 e. The highest BCUT2D eigenvalue weighted by molar-refractivity contribution is 5.76. The van der Waals surface area contributed by atoms with E-state index >= 15 is 0 Å². The van der Waals surface area contributed by atoms with E-state index in [2.05, 4.69) is 25.9 Å². The average molecular weight is 364 g/mol. The summed E-state index contributed by atoms with van der Waals surface area (Å²) in [5.41, 5.74) is 4.08. The number of H-pyrrole nitrogens is 1.